The number of hydrogen-bond acceptors (Lipinski definition) is 4. The molecule has 6 nitrogen and oxygen atoms in total. The highest BCUT2D eigenvalue weighted by atomic mass is 16.2. The molecule has 2 heterocycles. The number of hydrogen-bond donors (Lipinski definition) is 1. The summed E-state index contributed by atoms with van der Waals surface area (Å²) >= 11 is 0. The highest BCUT2D eigenvalue weighted by molar-refractivity contribution is 6.20. The first-order chi connectivity index (χ1) is 9.58. The van der Waals surface area contributed by atoms with Crippen LogP contribution in [0.25, 0.3) is 0 Å². The minimum atomic E-state index is -1.05. The fourth-order valence-corrected chi connectivity index (χ4v) is 2.68. The van der Waals surface area contributed by atoms with Gasteiger partial charge in [0.05, 0.1) is 12.5 Å². The maximum absolute atomic E-state index is 12.2. The van der Waals surface area contributed by atoms with E-state index in [1.54, 1.807) is 12.1 Å². The predicted octanol–water partition coefficient (Wildman–Crippen LogP) is -0.166. The molecule has 0 aliphatic carbocycles. The smallest absolute Gasteiger partial charge is 0.242 e. The van der Waals surface area contributed by atoms with E-state index in [4.69, 9.17) is 0 Å². The first-order valence-electron chi connectivity index (χ1n) is 6.31. The van der Waals surface area contributed by atoms with Gasteiger partial charge in [0.1, 0.15) is 5.92 Å². The van der Waals surface area contributed by atoms with Crippen molar-refractivity contribution in [2.45, 2.75) is 13.0 Å². The number of rotatable bonds is 2. The van der Waals surface area contributed by atoms with Crippen LogP contribution in [0.5, 0.6) is 0 Å². The lowest BCUT2D eigenvalue weighted by atomic mass is 9.88. The van der Waals surface area contributed by atoms with Crippen LogP contribution in [-0.4, -0.2) is 28.5 Å². The Hall–Kier alpha value is -2.50. The molecule has 0 radical (unpaired) electrons. The molecule has 102 valence electrons. The van der Waals surface area contributed by atoms with Gasteiger partial charge in [0.25, 0.3) is 0 Å². The van der Waals surface area contributed by atoms with E-state index in [1.165, 1.54) is 0 Å². The van der Waals surface area contributed by atoms with E-state index in [0.29, 0.717) is 0 Å². The van der Waals surface area contributed by atoms with Crippen LogP contribution in [-0.2, 0) is 25.7 Å². The van der Waals surface area contributed by atoms with Gasteiger partial charge in [-0.2, -0.15) is 0 Å². The second kappa shape index (κ2) is 4.56. The summed E-state index contributed by atoms with van der Waals surface area (Å²) in [4.78, 5) is 48.5. The number of fused-ring (bicyclic) bond motifs is 1. The lowest BCUT2D eigenvalue weighted by Crippen LogP contribution is -2.47. The van der Waals surface area contributed by atoms with Gasteiger partial charge < -0.3 is 0 Å². The number of imide groups is 2. The molecule has 6 heteroatoms. The van der Waals surface area contributed by atoms with E-state index in [-0.39, 0.29) is 13.0 Å². The minimum Gasteiger partial charge on any atom is -0.296 e. The van der Waals surface area contributed by atoms with Crippen LogP contribution in [0.2, 0.25) is 0 Å². The van der Waals surface area contributed by atoms with Crippen molar-refractivity contribution in [3.05, 3.63) is 35.9 Å². The van der Waals surface area contributed by atoms with Crippen molar-refractivity contribution in [3.63, 3.8) is 0 Å². The molecule has 0 saturated carbocycles. The molecule has 0 unspecified atom stereocenters. The zero-order chi connectivity index (χ0) is 14.3. The quantitative estimate of drug-likeness (QED) is 0.598. The summed E-state index contributed by atoms with van der Waals surface area (Å²) in [5, 5.41) is 2.11. The molecule has 2 fully saturated rings. The van der Waals surface area contributed by atoms with Gasteiger partial charge in [-0.3, -0.25) is 29.4 Å². The van der Waals surface area contributed by atoms with Gasteiger partial charge in [-0.15, -0.1) is 0 Å². The molecular weight excluding hydrogens is 260 g/mol. The third-order valence-electron chi connectivity index (χ3n) is 3.65. The van der Waals surface area contributed by atoms with Crippen molar-refractivity contribution in [3.8, 4) is 0 Å². The van der Waals surface area contributed by atoms with Gasteiger partial charge in [0, 0.05) is 6.42 Å². The molecule has 3 rings (SSSR count). The van der Waals surface area contributed by atoms with Gasteiger partial charge in [0.2, 0.25) is 23.6 Å². The zero-order valence-electron chi connectivity index (χ0n) is 10.5. The van der Waals surface area contributed by atoms with Crippen LogP contribution < -0.4 is 5.32 Å². The van der Waals surface area contributed by atoms with Crippen LogP contribution in [0.15, 0.2) is 30.3 Å². The van der Waals surface area contributed by atoms with E-state index in [2.05, 4.69) is 5.32 Å². The third kappa shape index (κ3) is 1.89. The lowest BCUT2D eigenvalue weighted by Gasteiger charge is -2.19. The van der Waals surface area contributed by atoms with Gasteiger partial charge >= 0.3 is 0 Å². The van der Waals surface area contributed by atoms with Crippen molar-refractivity contribution in [1.82, 2.24) is 10.2 Å². The standard InChI is InChI=1S/C14H12N2O4/c17-10-6-9-11(12(18)15-10)14(20)16(13(9)19)7-8-4-2-1-3-5-8/h1-5,9,11H,6-7H2,(H,15,17,18)/t9-,11+/m1/s1. The number of nitrogens with zero attached hydrogens (tertiary/aromatic N) is 1. The fraction of sp³-hybridized carbons (Fsp3) is 0.286. The summed E-state index contributed by atoms with van der Waals surface area (Å²) in [6.07, 6.45) is -0.105. The van der Waals surface area contributed by atoms with Crippen LogP contribution in [0.1, 0.15) is 12.0 Å². The molecule has 2 atom stereocenters. The first-order valence-corrected chi connectivity index (χ1v) is 6.31. The summed E-state index contributed by atoms with van der Waals surface area (Å²) in [7, 11) is 0. The number of likely N-dealkylation sites (tertiary alicyclic amines) is 1. The van der Waals surface area contributed by atoms with E-state index in [1.807, 2.05) is 18.2 Å². The number of benzene rings is 1. The number of carbonyl (C=O) groups excluding carboxylic acids is 4. The van der Waals surface area contributed by atoms with Gasteiger partial charge in [0.15, 0.2) is 0 Å². The summed E-state index contributed by atoms with van der Waals surface area (Å²) in [5.74, 6) is -4.02. The van der Waals surface area contributed by atoms with Crippen molar-refractivity contribution < 1.29 is 19.2 Å². The molecule has 0 bridgehead atoms. The van der Waals surface area contributed by atoms with Crippen molar-refractivity contribution >= 4 is 23.6 Å². The number of amides is 4. The van der Waals surface area contributed by atoms with E-state index in [9.17, 15) is 19.2 Å². The Morgan fingerprint density at radius 3 is 2.45 bits per heavy atom. The topological polar surface area (TPSA) is 83.6 Å². The molecule has 1 N–H and O–H groups in total. The molecule has 1 aromatic carbocycles. The monoisotopic (exact) mass is 272 g/mol. The maximum Gasteiger partial charge on any atom is 0.242 e. The molecular formula is C14H12N2O4. The largest absolute Gasteiger partial charge is 0.296 e. The Balaban J connectivity index is 1.87. The van der Waals surface area contributed by atoms with Crippen LogP contribution >= 0.6 is 0 Å². The second-order valence-electron chi connectivity index (χ2n) is 4.95. The zero-order valence-corrected chi connectivity index (χ0v) is 10.5. The number of piperidine rings is 1. The summed E-state index contributed by atoms with van der Waals surface area (Å²) in [6.45, 7) is 0.132. The Labute approximate surface area is 114 Å². The molecule has 20 heavy (non-hydrogen) atoms. The van der Waals surface area contributed by atoms with Crippen LogP contribution in [0, 0.1) is 11.8 Å². The summed E-state index contributed by atoms with van der Waals surface area (Å²) in [5.41, 5.74) is 0.805. The van der Waals surface area contributed by atoms with Crippen LogP contribution in [0.3, 0.4) is 0 Å². The minimum absolute atomic E-state index is 0.105. The molecule has 4 amide bonds. The summed E-state index contributed by atoms with van der Waals surface area (Å²) in [6, 6.07) is 9.05. The SMILES string of the molecule is O=C1C[C@H]2C(=O)N(Cc3ccccc3)C(=O)[C@@H]2C(=O)N1. The van der Waals surface area contributed by atoms with Crippen LogP contribution in [0.4, 0.5) is 0 Å². The average molecular weight is 272 g/mol. The summed E-state index contributed by atoms with van der Waals surface area (Å²) < 4.78 is 0. The Kier molecular flexibility index (Phi) is 2.85. The van der Waals surface area contributed by atoms with Crippen molar-refractivity contribution in [1.29, 1.82) is 0 Å². The van der Waals surface area contributed by atoms with Crippen molar-refractivity contribution in [2.24, 2.45) is 11.8 Å². The normalized spacial score (nSPS) is 25.7. The maximum atomic E-state index is 12.2. The van der Waals surface area contributed by atoms with Gasteiger partial charge in [-0.1, -0.05) is 30.3 Å². The Morgan fingerprint density at radius 1 is 1.05 bits per heavy atom. The molecule has 2 aliphatic heterocycles. The van der Waals surface area contributed by atoms with E-state index in [0.717, 1.165) is 10.5 Å². The predicted molar refractivity (Wildman–Crippen MR) is 66.7 cm³/mol. The fourth-order valence-electron chi connectivity index (χ4n) is 2.68. The lowest BCUT2D eigenvalue weighted by molar-refractivity contribution is -0.143. The molecule has 0 spiro atoms. The molecule has 2 saturated heterocycles. The first kappa shape index (κ1) is 12.5. The molecule has 1 aromatic rings. The van der Waals surface area contributed by atoms with Gasteiger partial charge in [-0.05, 0) is 5.56 Å². The van der Waals surface area contributed by atoms with E-state index >= 15 is 0 Å². The van der Waals surface area contributed by atoms with E-state index < -0.39 is 35.5 Å². The third-order valence-corrected chi connectivity index (χ3v) is 3.65. The number of nitrogens with one attached hydrogen (secondary N) is 1. The number of carbonyl (C=O) groups is 4. The Bertz CT molecular complexity index is 611. The molecule has 2 aliphatic rings. The highest BCUT2D eigenvalue weighted by Gasteiger charge is 2.54. The average Bonchev–Trinajstić information content (AvgIpc) is 2.65. The Morgan fingerprint density at radius 2 is 1.75 bits per heavy atom. The van der Waals surface area contributed by atoms with Crippen molar-refractivity contribution in [2.75, 3.05) is 0 Å². The highest BCUT2D eigenvalue weighted by Crippen LogP contribution is 2.32. The second-order valence-corrected chi connectivity index (χ2v) is 4.95. The molecule has 0 aromatic heterocycles. The van der Waals surface area contributed by atoms with Gasteiger partial charge in [-0.25, -0.2) is 0 Å².